The minimum Gasteiger partial charge on any atom is -0.490 e. The molecule has 1 aromatic carbocycles. The second-order valence-electron chi connectivity index (χ2n) is 4.87. The van der Waals surface area contributed by atoms with Crippen LogP contribution in [0.1, 0.15) is 24.2 Å². The monoisotopic (exact) mass is 323 g/mol. The number of ether oxygens (including phenoxy) is 1. The number of carbonyl (C=O) groups excluding carboxylic acids is 2. The van der Waals surface area contributed by atoms with Crippen molar-refractivity contribution in [2.45, 2.75) is 13.8 Å². The number of amides is 2. The van der Waals surface area contributed by atoms with Crippen molar-refractivity contribution in [2.24, 2.45) is 0 Å². The molecule has 0 fully saturated rings. The predicted molar refractivity (Wildman–Crippen MR) is 84.5 cm³/mol. The zero-order valence-electron chi connectivity index (χ0n) is 13.7. The minimum atomic E-state index is -0.614. The highest BCUT2D eigenvalue weighted by atomic mass is 16.6. The number of rotatable bonds is 7. The van der Waals surface area contributed by atoms with Crippen molar-refractivity contribution in [3.8, 4) is 5.75 Å². The molecule has 1 rings (SSSR count). The summed E-state index contributed by atoms with van der Waals surface area (Å²) in [6.45, 7) is 4.75. The zero-order valence-corrected chi connectivity index (χ0v) is 13.7. The third kappa shape index (κ3) is 4.41. The summed E-state index contributed by atoms with van der Waals surface area (Å²) in [6.07, 6.45) is 0. The molecule has 0 heterocycles. The van der Waals surface area contributed by atoms with Gasteiger partial charge in [-0.05, 0) is 26.0 Å². The van der Waals surface area contributed by atoms with Gasteiger partial charge in [-0.15, -0.1) is 0 Å². The Morgan fingerprint density at radius 1 is 1.26 bits per heavy atom. The number of nitro benzene ring substituents is 1. The first-order valence-corrected chi connectivity index (χ1v) is 7.21. The van der Waals surface area contributed by atoms with E-state index in [-0.39, 0.29) is 29.5 Å². The van der Waals surface area contributed by atoms with Crippen LogP contribution in [0.2, 0.25) is 0 Å². The Morgan fingerprint density at radius 2 is 1.87 bits per heavy atom. The van der Waals surface area contributed by atoms with E-state index in [0.29, 0.717) is 13.1 Å². The Morgan fingerprint density at radius 3 is 2.35 bits per heavy atom. The van der Waals surface area contributed by atoms with Gasteiger partial charge in [-0.3, -0.25) is 19.7 Å². The highest BCUT2D eigenvalue weighted by Crippen LogP contribution is 2.27. The van der Waals surface area contributed by atoms with Gasteiger partial charge in [-0.25, -0.2) is 0 Å². The fourth-order valence-corrected chi connectivity index (χ4v) is 2.14. The van der Waals surface area contributed by atoms with Crippen molar-refractivity contribution in [3.05, 3.63) is 33.9 Å². The SMILES string of the molecule is CCN(CC)C(=O)CN(C)C(=O)c1ccc(OC)c([N+](=O)[O-])c1. The summed E-state index contributed by atoms with van der Waals surface area (Å²) in [7, 11) is 2.80. The van der Waals surface area contributed by atoms with Crippen LogP contribution in [0.25, 0.3) is 0 Å². The summed E-state index contributed by atoms with van der Waals surface area (Å²) in [6, 6.07) is 3.96. The molecule has 0 unspecified atom stereocenters. The topological polar surface area (TPSA) is 93.0 Å². The highest BCUT2D eigenvalue weighted by molar-refractivity contribution is 5.97. The van der Waals surface area contributed by atoms with E-state index >= 15 is 0 Å². The van der Waals surface area contributed by atoms with Gasteiger partial charge in [0.15, 0.2) is 5.75 Å². The van der Waals surface area contributed by atoms with Gasteiger partial charge in [0.2, 0.25) is 5.91 Å². The van der Waals surface area contributed by atoms with Crippen molar-refractivity contribution in [1.29, 1.82) is 0 Å². The van der Waals surface area contributed by atoms with Crippen LogP contribution in [-0.2, 0) is 4.79 Å². The van der Waals surface area contributed by atoms with Crippen molar-refractivity contribution < 1.29 is 19.2 Å². The minimum absolute atomic E-state index is 0.0772. The van der Waals surface area contributed by atoms with Gasteiger partial charge in [0, 0.05) is 31.8 Å². The summed E-state index contributed by atoms with van der Waals surface area (Å²) in [5, 5.41) is 11.0. The smallest absolute Gasteiger partial charge is 0.311 e. The molecule has 8 nitrogen and oxygen atoms in total. The number of likely N-dealkylation sites (N-methyl/N-ethyl adjacent to an activating group) is 2. The van der Waals surface area contributed by atoms with E-state index in [1.807, 2.05) is 13.8 Å². The second-order valence-corrected chi connectivity index (χ2v) is 4.87. The van der Waals surface area contributed by atoms with E-state index < -0.39 is 10.8 Å². The lowest BCUT2D eigenvalue weighted by molar-refractivity contribution is -0.385. The molecule has 0 aliphatic carbocycles. The van der Waals surface area contributed by atoms with E-state index in [1.165, 1.54) is 31.2 Å². The lowest BCUT2D eigenvalue weighted by Crippen LogP contribution is -2.41. The molecule has 0 aliphatic rings. The molecule has 0 aliphatic heterocycles. The first-order valence-electron chi connectivity index (χ1n) is 7.21. The lowest BCUT2D eigenvalue weighted by Gasteiger charge is -2.23. The Kier molecular flexibility index (Phi) is 6.49. The average Bonchev–Trinajstić information content (AvgIpc) is 2.54. The van der Waals surface area contributed by atoms with E-state index in [1.54, 1.807) is 4.90 Å². The van der Waals surface area contributed by atoms with Crippen LogP contribution < -0.4 is 4.74 Å². The van der Waals surface area contributed by atoms with Crippen LogP contribution in [0.3, 0.4) is 0 Å². The Balaban J connectivity index is 2.94. The van der Waals surface area contributed by atoms with Gasteiger partial charge in [0.25, 0.3) is 5.91 Å². The van der Waals surface area contributed by atoms with E-state index in [2.05, 4.69) is 0 Å². The van der Waals surface area contributed by atoms with Crippen molar-refractivity contribution >= 4 is 17.5 Å². The fraction of sp³-hybridized carbons (Fsp3) is 0.467. The van der Waals surface area contributed by atoms with Gasteiger partial charge in [-0.1, -0.05) is 0 Å². The van der Waals surface area contributed by atoms with Gasteiger partial charge >= 0.3 is 5.69 Å². The predicted octanol–water partition coefficient (Wildman–Crippen LogP) is 1.54. The molecule has 0 N–H and O–H groups in total. The Bertz CT molecular complexity index is 599. The number of nitro groups is 1. The van der Waals surface area contributed by atoms with Gasteiger partial charge < -0.3 is 14.5 Å². The number of hydrogen-bond donors (Lipinski definition) is 0. The molecule has 0 bridgehead atoms. The molecule has 8 heteroatoms. The van der Waals surface area contributed by atoms with Crippen LogP contribution in [0.15, 0.2) is 18.2 Å². The molecule has 23 heavy (non-hydrogen) atoms. The van der Waals surface area contributed by atoms with Crippen LogP contribution in [-0.4, -0.2) is 60.3 Å². The fourth-order valence-electron chi connectivity index (χ4n) is 2.14. The summed E-state index contributed by atoms with van der Waals surface area (Å²) in [5.74, 6) is -0.557. The number of carbonyl (C=O) groups is 2. The van der Waals surface area contributed by atoms with E-state index in [4.69, 9.17) is 4.74 Å². The summed E-state index contributed by atoms with van der Waals surface area (Å²) in [4.78, 5) is 37.6. The van der Waals surface area contributed by atoms with Crippen molar-refractivity contribution in [1.82, 2.24) is 9.80 Å². The standard InChI is InChI=1S/C15H21N3O5/c1-5-17(6-2)14(19)10-16(3)15(20)11-7-8-13(23-4)12(9-11)18(21)22/h7-9H,5-6,10H2,1-4H3. The molecular formula is C15H21N3O5. The van der Waals surface area contributed by atoms with Crippen LogP contribution in [0.5, 0.6) is 5.75 Å². The van der Waals surface area contributed by atoms with Crippen LogP contribution in [0, 0.1) is 10.1 Å². The molecule has 1 aromatic rings. The second kappa shape index (κ2) is 8.11. The lowest BCUT2D eigenvalue weighted by atomic mass is 10.1. The highest BCUT2D eigenvalue weighted by Gasteiger charge is 2.22. The Labute approximate surface area is 134 Å². The van der Waals surface area contributed by atoms with Crippen molar-refractivity contribution in [3.63, 3.8) is 0 Å². The number of benzene rings is 1. The zero-order chi connectivity index (χ0) is 17.6. The van der Waals surface area contributed by atoms with Crippen LogP contribution in [0.4, 0.5) is 5.69 Å². The molecule has 126 valence electrons. The Hall–Kier alpha value is -2.64. The van der Waals surface area contributed by atoms with Gasteiger partial charge in [-0.2, -0.15) is 0 Å². The van der Waals surface area contributed by atoms with E-state index in [9.17, 15) is 19.7 Å². The molecule has 0 saturated heterocycles. The quantitative estimate of drug-likeness (QED) is 0.560. The number of hydrogen-bond acceptors (Lipinski definition) is 5. The number of methoxy groups -OCH3 is 1. The maximum Gasteiger partial charge on any atom is 0.311 e. The maximum absolute atomic E-state index is 12.3. The van der Waals surface area contributed by atoms with Gasteiger partial charge in [0.05, 0.1) is 18.6 Å². The first-order chi connectivity index (χ1) is 10.8. The molecular weight excluding hydrogens is 302 g/mol. The van der Waals surface area contributed by atoms with E-state index in [0.717, 1.165) is 6.07 Å². The third-order valence-corrected chi connectivity index (χ3v) is 3.46. The van der Waals surface area contributed by atoms with Crippen molar-refractivity contribution in [2.75, 3.05) is 33.8 Å². The molecule has 0 aromatic heterocycles. The largest absolute Gasteiger partial charge is 0.490 e. The average molecular weight is 323 g/mol. The molecule has 0 saturated carbocycles. The molecule has 0 atom stereocenters. The summed E-state index contributed by atoms with van der Waals surface area (Å²) < 4.78 is 4.90. The van der Waals surface area contributed by atoms with Crippen LogP contribution >= 0.6 is 0 Å². The molecule has 0 radical (unpaired) electrons. The normalized spacial score (nSPS) is 10.1. The third-order valence-electron chi connectivity index (χ3n) is 3.46. The maximum atomic E-state index is 12.3. The van der Waals surface area contributed by atoms with Gasteiger partial charge in [0.1, 0.15) is 0 Å². The summed E-state index contributed by atoms with van der Waals surface area (Å²) >= 11 is 0. The summed E-state index contributed by atoms with van der Waals surface area (Å²) in [5.41, 5.74) is -0.158. The first kappa shape index (κ1) is 18.4. The number of nitrogens with zero attached hydrogens (tertiary/aromatic N) is 3. The molecule has 2 amide bonds. The molecule has 0 spiro atoms.